The maximum absolute atomic E-state index is 10.4. The molecule has 0 saturated heterocycles. The van der Waals surface area contributed by atoms with Gasteiger partial charge in [0.25, 0.3) is 11.8 Å². The first-order chi connectivity index (χ1) is 4.72. The summed E-state index contributed by atoms with van der Waals surface area (Å²) in [6, 6.07) is 0. The molecular weight excluding hydrogens is 360 g/mol. The van der Waals surface area contributed by atoms with Crippen LogP contribution in [0.5, 0.6) is 0 Å². The first-order valence-electron chi connectivity index (χ1n) is 2.36. The number of carbonyl (C=O) groups is 2. The molecule has 0 saturated carbocycles. The van der Waals surface area contributed by atoms with E-state index in [-0.39, 0.29) is 11.8 Å². The van der Waals surface area contributed by atoms with Crippen LogP contribution in [0.2, 0.25) is 0 Å². The van der Waals surface area contributed by atoms with Gasteiger partial charge in [0.05, 0.1) is 0 Å². The van der Waals surface area contributed by atoms with Crippen LogP contribution in [0.15, 0.2) is 12.2 Å². The van der Waals surface area contributed by atoms with Crippen molar-refractivity contribution >= 4 is 49.0 Å². The third kappa shape index (κ3) is 2.52. The predicted octanol–water partition coefficient (Wildman–Crippen LogP) is 1.31. The van der Waals surface area contributed by atoms with Gasteiger partial charge < -0.3 is 0 Å². The molecule has 1 aliphatic heterocycles. The normalized spacial score (nSPS) is 15.3. The van der Waals surface area contributed by atoms with Crippen LogP contribution < -0.4 is 0 Å². The molecule has 0 aliphatic carbocycles. The molecule has 1 aliphatic rings. The molecule has 56 valence electrons. The molecule has 0 aromatic heterocycles. The molecule has 5 heteroatoms. The summed E-state index contributed by atoms with van der Waals surface area (Å²) in [5.74, 6) is -0.481. The van der Waals surface area contributed by atoms with Gasteiger partial charge in [0.1, 0.15) is 0 Å². The Labute approximate surface area is 82.2 Å². The van der Waals surface area contributed by atoms with Gasteiger partial charge in [-0.15, -0.1) is 0 Å². The minimum absolute atomic E-state index is 0.241. The third-order valence-electron chi connectivity index (χ3n) is 1.03. The van der Waals surface area contributed by atoms with E-state index in [9.17, 15) is 9.59 Å². The first-order valence-corrected chi connectivity index (χ1v) is 8.64. The number of amides is 2. The van der Waals surface area contributed by atoms with Gasteiger partial charge >= 0.3 is 0 Å². The molecule has 0 aromatic rings. The van der Waals surface area contributed by atoms with Crippen LogP contribution in [-0.4, -0.2) is 23.8 Å². The molecule has 0 fully saturated rings. The fraction of sp³-hybridized carbons (Fsp3) is 0.200. The molecule has 0 aromatic carbocycles. The summed E-state index contributed by atoms with van der Waals surface area (Å²) < 4.78 is 0. The van der Waals surface area contributed by atoms with Crippen LogP contribution in [0.3, 0.4) is 0 Å². The lowest BCUT2D eigenvalue weighted by atomic mass is 10.6. The fourth-order valence-corrected chi connectivity index (χ4v) is 0.475. The molecule has 10 heavy (non-hydrogen) atoms. The van der Waals surface area contributed by atoms with Crippen molar-refractivity contribution in [3.05, 3.63) is 12.2 Å². The van der Waals surface area contributed by atoms with Crippen molar-refractivity contribution in [1.82, 2.24) is 4.90 Å². The van der Waals surface area contributed by atoms with Crippen molar-refractivity contribution in [1.29, 1.82) is 0 Å². The quantitative estimate of drug-likeness (QED) is 0.480. The van der Waals surface area contributed by atoms with Crippen LogP contribution >= 0.6 is 37.2 Å². The summed E-state index contributed by atoms with van der Waals surface area (Å²) in [5.41, 5.74) is 0. The van der Waals surface area contributed by atoms with E-state index < -0.39 is 0 Å². The van der Waals surface area contributed by atoms with Crippen molar-refractivity contribution in [3.8, 4) is 0 Å². The zero-order valence-electron chi connectivity index (χ0n) is 5.17. The van der Waals surface area contributed by atoms with Gasteiger partial charge in [-0.3, -0.25) is 14.5 Å². The minimum atomic E-state index is -0.241. The van der Waals surface area contributed by atoms with E-state index in [1.54, 1.807) is 0 Å². The highest BCUT2D eigenvalue weighted by Gasteiger charge is 2.17. The summed E-state index contributed by atoms with van der Waals surface area (Å²) in [5, 5.41) is 0. The molecule has 1 heterocycles. The molecule has 0 N–H and O–H groups in total. The van der Waals surface area contributed by atoms with Crippen molar-refractivity contribution in [2.45, 2.75) is 0 Å². The van der Waals surface area contributed by atoms with E-state index in [0.29, 0.717) is 0 Å². The lowest BCUT2D eigenvalue weighted by Crippen LogP contribution is -2.24. The topological polar surface area (TPSA) is 37.4 Å². The minimum Gasteiger partial charge on any atom is -0.279 e. The molecule has 0 spiro atoms. The zero-order valence-corrected chi connectivity index (χ0v) is 9.49. The van der Waals surface area contributed by atoms with Crippen LogP contribution in [0, 0.1) is 0 Å². The second-order valence-electron chi connectivity index (χ2n) is 1.57. The Kier molecular flexibility index (Phi) is 5.22. The third-order valence-corrected chi connectivity index (χ3v) is 1.03. The van der Waals surface area contributed by atoms with Crippen molar-refractivity contribution in [2.24, 2.45) is 0 Å². The number of hydrogen-bond donors (Lipinski definition) is 0. The summed E-state index contributed by atoms with van der Waals surface area (Å²) in [4.78, 5) is 21.9. The van der Waals surface area contributed by atoms with Gasteiger partial charge in [-0.25, -0.2) is 0 Å². The highest BCUT2D eigenvalue weighted by Crippen LogP contribution is 1.97. The zero-order chi connectivity index (χ0) is 8.15. The summed E-state index contributed by atoms with van der Waals surface area (Å²) in [6.07, 6.45) is 2.50. The maximum atomic E-state index is 10.4. The van der Waals surface area contributed by atoms with Crippen LogP contribution in [0.25, 0.3) is 0 Å². The number of nitrogens with zero attached hydrogens (tertiary/aromatic N) is 1. The summed E-state index contributed by atoms with van der Waals surface area (Å²) in [7, 11) is 1.45. The Bertz CT molecular complexity index is 160. The number of imide groups is 1. The Hall–Kier alpha value is 0.340. The maximum Gasteiger partial charge on any atom is 0.253 e. The van der Waals surface area contributed by atoms with E-state index in [1.165, 1.54) is 19.2 Å². The standard InChI is InChI=1S/C5H5NO2.I2/c1-6-4(7)2-3-5(6)8;1-2/h2-3H,1H3;. The van der Waals surface area contributed by atoms with Gasteiger partial charge in [0.15, 0.2) is 0 Å². The smallest absolute Gasteiger partial charge is 0.253 e. The molecule has 1 rings (SSSR count). The van der Waals surface area contributed by atoms with Gasteiger partial charge in [-0.05, 0) is 0 Å². The second-order valence-corrected chi connectivity index (χ2v) is 1.57. The summed E-state index contributed by atoms with van der Waals surface area (Å²) in [6.45, 7) is 0. The van der Waals surface area contributed by atoms with E-state index in [4.69, 9.17) is 0 Å². The van der Waals surface area contributed by atoms with Crippen LogP contribution in [0.4, 0.5) is 0 Å². The predicted molar refractivity (Wildman–Crippen MR) is 55.0 cm³/mol. The lowest BCUT2D eigenvalue weighted by Gasteiger charge is -2.01. The van der Waals surface area contributed by atoms with Crippen molar-refractivity contribution in [2.75, 3.05) is 7.05 Å². The Morgan fingerprint density at radius 3 is 1.60 bits per heavy atom. The highest BCUT2D eigenvalue weighted by atomic mass is 128. The first kappa shape index (κ1) is 10.3. The molecule has 3 nitrogen and oxygen atoms in total. The van der Waals surface area contributed by atoms with Crippen molar-refractivity contribution < 1.29 is 9.59 Å². The number of hydrogen-bond acceptors (Lipinski definition) is 2. The van der Waals surface area contributed by atoms with Gasteiger partial charge in [0.2, 0.25) is 0 Å². The van der Waals surface area contributed by atoms with Crippen LogP contribution in [-0.2, 0) is 9.59 Å². The second kappa shape index (κ2) is 5.05. The fourth-order valence-electron chi connectivity index (χ4n) is 0.475. The highest BCUT2D eigenvalue weighted by molar-refractivity contribution is 15.0. The van der Waals surface area contributed by atoms with Gasteiger partial charge in [-0.1, -0.05) is 0 Å². The average Bonchev–Trinajstić information content (AvgIpc) is 2.25. The van der Waals surface area contributed by atoms with E-state index in [1.807, 2.05) is 0 Å². The molecule has 0 unspecified atom stereocenters. The number of halogens is 2. The largest absolute Gasteiger partial charge is 0.279 e. The van der Waals surface area contributed by atoms with Crippen molar-refractivity contribution in [3.63, 3.8) is 0 Å². The SMILES string of the molecule is CN1C(=O)C=CC1=O.II. The van der Waals surface area contributed by atoms with Gasteiger partial charge in [-0.2, -0.15) is 0 Å². The monoisotopic (exact) mass is 365 g/mol. The molecule has 0 atom stereocenters. The number of carbonyl (C=O) groups excluding carboxylic acids is 2. The van der Waals surface area contributed by atoms with E-state index in [0.717, 1.165) is 4.90 Å². The average molecular weight is 365 g/mol. The number of likely N-dealkylation sites (N-methyl/N-ethyl adjacent to an activating group) is 1. The Morgan fingerprint density at radius 2 is 1.50 bits per heavy atom. The molecule has 0 bridgehead atoms. The molecule has 2 amide bonds. The van der Waals surface area contributed by atoms with E-state index in [2.05, 4.69) is 37.2 Å². The van der Waals surface area contributed by atoms with Gasteiger partial charge in [0, 0.05) is 56.4 Å². The molecule has 0 radical (unpaired) electrons. The Morgan fingerprint density at radius 1 is 1.20 bits per heavy atom. The number of rotatable bonds is 0. The molecular formula is C5H5I2NO2. The van der Waals surface area contributed by atoms with Crippen LogP contribution in [0.1, 0.15) is 0 Å². The lowest BCUT2D eigenvalue weighted by molar-refractivity contribution is -0.135. The van der Waals surface area contributed by atoms with E-state index >= 15 is 0 Å². The summed E-state index contributed by atoms with van der Waals surface area (Å²) >= 11 is 4.24. The Balaban J connectivity index is 0.000000371.